The van der Waals surface area contributed by atoms with Crippen molar-refractivity contribution in [3.05, 3.63) is 24.3 Å². The molecule has 0 saturated heterocycles. The van der Waals surface area contributed by atoms with Gasteiger partial charge in [-0.05, 0) is 25.7 Å². The molecule has 0 saturated carbocycles. The summed E-state index contributed by atoms with van der Waals surface area (Å²) in [7, 11) is -6.00. The summed E-state index contributed by atoms with van der Waals surface area (Å²) in [5.74, 6) is 0. The quantitative estimate of drug-likeness (QED) is 0.335. The molecular formula is C8H12BF4Ir-. The molecule has 0 aromatic carbocycles. The fourth-order valence-corrected chi connectivity index (χ4v) is 0.856. The first-order chi connectivity index (χ1) is 6.00. The monoisotopic (exact) mass is 388 g/mol. The molecule has 0 spiro atoms. The second kappa shape index (κ2) is 9.47. The van der Waals surface area contributed by atoms with Gasteiger partial charge in [-0.25, -0.2) is 0 Å². The van der Waals surface area contributed by atoms with Crippen molar-refractivity contribution in [2.45, 2.75) is 25.7 Å². The van der Waals surface area contributed by atoms with Gasteiger partial charge < -0.3 is 17.3 Å². The summed E-state index contributed by atoms with van der Waals surface area (Å²) in [5, 5.41) is 0. The molecule has 0 aromatic heterocycles. The van der Waals surface area contributed by atoms with Crippen LogP contribution in [0, 0.1) is 0 Å². The van der Waals surface area contributed by atoms with Gasteiger partial charge in [0.1, 0.15) is 0 Å². The summed E-state index contributed by atoms with van der Waals surface area (Å²) in [6, 6.07) is 0. The van der Waals surface area contributed by atoms with Crippen LogP contribution in [0.3, 0.4) is 0 Å². The van der Waals surface area contributed by atoms with Crippen LogP contribution in [0.25, 0.3) is 0 Å². The van der Waals surface area contributed by atoms with E-state index in [2.05, 4.69) is 24.3 Å². The van der Waals surface area contributed by atoms with E-state index >= 15 is 0 Å². The second-order valence-corrected chi connectivity index (χ2v) is 2.59. The average Bonchev–Trinajstić information content (AvgIpc) is 1.79. The molecular weight excluding hydrogens is 375 g/mol. The molecule has 0 N–H and O–H groups in total. The predicted octanol–water partition coefficient (Wildman–Crippen LogP) is 3.97. The van der Waals surface area contributed by atoms with Crippen LogP contribution in [-0.4, -0.2) is 7.25 Å². The molecule has 0 nitrogen and oxygen atoms in total. The largest absolute Gasteiger partial charge is 0.673 e. The van der Waals surface area contributed by atoms with Crippen molar-refractivity contribution >= 4 is 7.25 Å². The third-order valence-corrected chi connectivity index (χ3v) is 1.33. The summed E-state index contributed by atoms with van der Waals surface area (Å²) in [6.45, 7) is 0. The number of allylic oxidation sites excluding steroid dienone is 4. The van der Waals surface area contributed by atoms with E-state index in [0.717, 1.165) is 0 Å². The summed E-state index contributed by atoms with van der Waals surface area (Å²) in [5.41, 5.74) is 0. The number of hydrogen-bond acceptors (Lipinski definition) is 0. The molecule has 0 amide bonds. The summed E-state index contributed by atoms with van der Waals surface area (Å²) >= 11 is 0. The van der Waals surface area contributed by atoms with E-state index in [4.69, 9.17) is 0 Å². The van der Waals surface area contributed by atoms with E-state index in [1.807, 2.05) is 0 Å². The zero-order valence-corrected chi connectivity index (χ0v) is 9.96. The minimum atomic E-state index is -6.00. The SMILES string of the molecule is C1=C\CC/C=C\CC/1.F[B-](F)(F)F.[Ir]. The number of rotatable bonds is 0. The van der Waals surface area contributed by atoms with Gasteiger partial charge in [-0.1, -0.05) is 24.3 Å². The molecule has 6 heteroatoms. The van der Waals surface area contributed by atoms with E-state index in [9.17, 15) is 17.3 Å². The normalized spacial score (nSPS) is 20.3. The Kier molecular flexibility index (Phi) is 11.1. The zero-order valence-electron chi connectivity index (χ0n) is 7.56. The Hall–Kier alpha value is -0.0857. The first-order valence-electron chi connectivity index (χ1n) is 4.17. The smallest absolute Gasteiger partial charge is 0.418 e. The molecule has 0 fully saturated rings. The van der Waals surface area contributed by atoms with Gasteiger partial charge in [0.25, 0.3) is 0 Å². The average molecular weight is 387 g/mol. The molecule has 0 heterocycles. The molecule has 1 radical (unpaired) electrons. The fraction of sp³-hybridized carbons (Fsp3) is 0.500. The van der Waals surface area contributed by atoms with Crippen LogP contribution in [0.2, 0.25) is 0 Å². The third kappa shape index (κ3) is 22.7. The first kappa shape index (κ1) is 16.3. The molecule has 0 bridgehead atoms. The molecule has 0 aliphatic heterocycles. The molecule has 1 rings (SSSR count). The molecule has 1 aliphatic carbocycles. The van der Waals surface area contributed by atoms with Crippen molar-refractivity contribution in [3.63, 3.8) is 0 Å². The molecule has 0 atom stereocenters. The van der Waals surface area contributed by atoms with E-state index in [1.165, 1.54) is 25.7 Å². The second-order valence-electron chi connectivity index (χ2n) is 2.59. The van der Waals surface area contributed by atoms with E-state index < -0.39 is 7.25 Å². The zero-order chi connectivity index (χ0) is 10.2. The number of hydrogen-bond donors (Lipinski definition) is 0. The van der Waals surface area contributed by atoms with Crippen molar-refractivity contribution in [2.24, 2.45) is 0 Å². The van der Waals surface area contributed by atoms with Gasteiger partial charge >= 0.3 is 7.25 Å². The van der Waals surface area contributed by atoms with Crippen LogP contribution < -0.4 is 0 Å². The van der Waals surface area contributed by atoms with Gasteiger partial charge in [-0.3, -0.25) is 0 Å². The maximum Gasteiger partial charge on any atom is 0.673 e. The van der Waals surface area contributed by atoms with Crippen molar-refractivity contribution in [2.75, 3.05) is 0 Å². The van der Waals surface area contributed by atoms with Gasteiger partial charge in [-0.15, -0.1) is 0 Å². The Morgan fingerprint density at radius 2 is 0.786 bits per heavy atom. The Morgan fingerprint density at radius 1 is 0.643 bits per heavy atom. The van der Waals surface area contributed by atoms with Crippen molar-refractivity contribution < 1.29 is 37.4 Å². The molecule has 85 valence electrons. The maximum atomic E-state index is 9.75. The van der Waals surface area contributed by atoms with Gasteiger partial charge in [-0.2, -0.15) is 0 Å². The van der Waals surface area contributed by atoms with E-state index in [1.54, 1.807) is 0 Å². The van der Waals surface area contributed by atoms with Gasteiger partial charge in [0.05, 0.1) is 0 Å². The van der Waals surface area contributed by atoms with Gasteiger partial charge in [0.15, 0.2) is 0 Å². The van der Waals surface area contributed by atoms with Crippen LogP contribution in [0.5, 0.6) is 0 Å². The minimum absolute atomic E-state index is 0. The summed E-state index contributed by atoms with van der Waals surface area (Å²) in [6.07, 6.45) is 14.0. The minimum Gasteiger partial charge on any atom is -0.418 e. The third-order valence-electron chi connectivity index (χ3n) is 1.33. The van der Waals surface area contributed by atoms with Crippen molar-refractivity contribution in [3.8, 4) is 0 Å². The fourth-order valence-electron chi connectivity index (χ4n) is 0.856. The van der Waals surface area contributed by atoms with Crippen LogP contribution in [0.15, 0.2) is 24.3 Å². The maximum absolute atomic E-state index is 9.75. The predicted molar refractivity (Wildman–Crippen MR) is 46.9 cm³/mol. The van der Waals surface area contributed by atoms with Crippen molar-refractivity contribution in [1.82, 2.24) is 0 Å². The Bertz CT molecular complexity index is 145. The molecule has 14 heavy (non-hydrogen) atoms. The van der Waals surface area contributed by atoms with Crippen LogP contribution >= 0.6 is 0 Å². The van der Waals surface area contributed by atoms with E-state index in [0.29, 0.717) is 0 Å². The summed E-state index contributed by atoms with van der Waals surface area (Å²) in [4.78, 5) is 0. The van der Waals surface area contributed by atoms with Crippen LogP contribution in [-0.2, 0) is 20.1 Å². The van der Waals surface area contributed by atoms with Crippen molar-refractivity contribution in [1.29, 1.82) is 0 Å². The van der Waals surface area contributed by atoms with Crippen LogP contribution in [0.1, 0.15) is 25.7 Å². The molecule has 1 aliphatic rings. The van der Waals surface area contributed by atoms with Gasteiger partial charge in [0.2, 0.25) is 0 Å². The first-order valence-corrected chi connectivity index (χ1v) is 4.17. The Labute approximate surface area is 94.9 Å². The van der Waals surface area contributed by atoms with Gasteiger partial charge in [0, 0.05) is 20.1 Å². The molecule has 0 unspecified atom stereocenters. The molecule has 0 aromatic rings. The Balaban J connectivity index is 0. The van der Waals surface area contributed by atoms with E-state index in [-0.39, 0.29) is 20.1 Å². The number of halogens is 4. The topological polar surface area (TPSA) is 0 Å². The summed E-state index contributed by atoms with van der Waals surface area (Å²) < 4.78 is 39.0. The Morgan fingerprint density at radius 3 is 0.929 bits per heavy atom. The standard InChI is InChI=1S/C8H12.BF4.Ir/c1-2-4-6-8-7-5-3-1;2-1(3,4)5;/h1-2,7-8H,3-6H2;;/q;-1;/b2-1-,8-7-;;. The van der Waals surface area contributed by atoms with Crippen LogP contribution in [0.4, 0.5) is 17.3 Å².